The summed E-state index contributed by atoms with van der Waals surface area (Å²) in [5.41, 5.74) is 1.51. The molecule has 5 nitrogen and oxygen atoms in total. The molecule has 1 fully saturated rings. The van der Waals surface area contributed by atoms with Crippen LogP contribution in [0.1, 0.15) is 43.6 Å². The molecule has 2 aliphatic heterocycles. The lowest BCUT2D eigenvalue weighted by molar-refractivity contribution is -0.128. The van der Waals surface area contributed by atoms with Gasteiger partial charge in [0, 0.05) is 30.3 Å². The summed E-state index contributed by atoms with van der Waals surface area (Å²) in [6.45, 7) is 1.61. The van der Waals surface area contributed by atoms with Crippen molar-refractivity contribution in [3.63, 3.8) is 0 Å². The Balaban J connectivity index is 1.75. The number of carbonyl (C=O) groups excluding carboxylic acids is 2. The van der Waals surface area contributed by atoms with Crippen molar-refractivity contribution in [1.82, 2.24) is 10.2 Å². The number of hydrogen-bond donors (Lipinski definition) is 1. The molecule has 3 rings (SSSR count). The summed E-state index contributed by atoms with van der Waals surface area (Å²) < 4.78 is 0. The van der Waals surface area contributed by atoms with Crippen LogP contribution in [0.5, 0.6) is 0 Å². The third-order valence-electron chi connectivity index (χ3n) is 5.17. The third kappa shape index (κ3) is 5.12. The molecular formula is C21H25N3O2S2. The fourth-order valence-electron chi connectivity index (χ4n) is 3.60. The Kier molecular flexibility index (Phi) is 7.46. The van der Waals surface area contributed by atoms with Crippen LogP contribution in [0, 0.1) is 11.3 Å². The summed E-state index contributed by atoms with van der Waals surface area (Å²) in [5.74, 6) is -0.0376. The van der Waals surface area contributed by atoms with E-state index in [0.717, 1.165) is 36.4 Å². The minimum Gasteiger partial charge on any atom is -0.342 e. The molecule has 0 bridgehead atoms. The number of nitrogens with zero attached hydrogens (tertiary/aromatic N) is 2. The maximum atomic E-state index is 12.6. The van der Waals surface area contributed by atoms with Gasteiger partial charge in [-0.25, -0.2) is 0 Å². The number of allylic oxidation sites excluding steroid dienone is 1. The topological polar surface area (TPSA) is 73.2 Å². The smallest absolute Gasteiger partial charge is 0.232 e. The van der Waals surface area contributed by atoms with Gasteiger partial charge in [-0.15, -0.1) is 11.8 Å². The van der Waals surface area contributed by atoms with Crippen LogP contribution in [0.15, 0.2) is 39.8 Å². The Morgan fingerprint density at radius 2 is 1.89 bits per heavy atom. The maximum Gasteiger partial charge on any atom is 0.232 e. The van der Waals surface area contributed by atoms with E-state index in [9.17, 15) is 14.9 Å². The number of hydrogen-bond acceptors (Lipinski definition) is 5. The van der Waals surface area contributed by atoms with Crippen LogP contribution in [0.4, 0.5) is 0 Å². The van der Waals surface area contributed by atoms with E-state index < -0.39 is 0 Å². The van der Waals surface area contributed by atoms with Crippen molar-refractivity contribution in [2.45, 2.75) is 42.9 Å². The van der Waals surface area contributed by atoms with Crippen molar-refractivity contribution in [3.05, 3.63) is 40.4 Å². The molecule has 0 saturated carbocycles. The summed E-state index contributed by atoms with van der Waals surface area (Å²) >= 11 is 2.93. The predicted octanol–water partition coefficient (Wildman–Crippen LogP) is 3.88. The Morgan fingerprint density at radius 1 is 1.21 bits per heavy atom. The summed E-state index contributed by atoms with van der Waals surface area (Å²) in [6.07, 6.45) is 6.72. The second-order valence-corrected chi connectivity index (χ2v) is 8.88. The average Bonchev–Trinajstić information content (AvgIpc) is 3.01. The maximum absolute atomic E-state index is 12.6. The van der Waals surface area contributed by atoms with Crippen LogP contribution in [-0.2, 0) is 9.59 Å². The lowest BCUT2D eigenvalue weighted by Gasteiger charge is -2.26. The highest BCUT2D eigenvalue weighted by Gasteiger charge is 2.30. The number of amides is 2. The van der Waals surface area contributed by atoms with Gasteiger partial charge in [-0.2, -0.15) is 5.26 Å². The lowest BCUT2D eigenvalue weighted by atomic mass is 9.87. The summed E-state index contributed by atoms with van der Waals surface area (Å²) in [7, 11) is 0. The van der Waals surface area contributed by atoms with E-state index in [-0.39, 0.29) is 29.9 Å². The first-order valence-electron chi connectivity index (χ1n) is 9.61. The molecule has 1 N–H and O–H groups in total. The summed E-state index contributed by atoms with van der Waals surface area (Å²) in [6, 6.07) is 10.3. The van der Waals surface area contributed by atoms with Crippen molar-refractivity contribution >= 4 is 35.3 Å². The van der Waals surface area contributed by atoms with Crippen molar-refractivity contribution in [3.8, 4) is 6.07 Å². The molecule has 28 heavy (non-hydrogen) atoms. The number of nitriles is 1. The summed E-state index contributed by atoms with van der Waals surface area (Å²) in [4.78, 5) is 27.9. The highest BCUT2D eigenvalue weighted by molar-refractivity contribution is 8.03. The molecule has 0 spiro atoms. The minimum absolute atomic E-state index is 0.0809. The van der Waals surface area contributed by atoms with E-state index in [1.807, 2.05) is 35.4 Å². The number of thioether (sulfide) groups is 2. The van der Waals surface area contributed by atoms with Gasteiger partial charge in [0.2, 0.25) is 11.8 Å². The molecule has 1 aromatic rings. The molecule has 2 aliphatic rings. The number of nitrogens with one attached hydrogen (secondary N) is 1. The highest BCUT2D eigenvalue weighted by atomic mass is 32.2. The van der Waals surface area contributed by atoms with E-state index in [4.69, 9.17) is 0 Å². The van der Waals surface area contributed by atoms with Crippen LogP contribution < -0.4 is 5.32 Å². The van der Waals surface area contributed by atoms with Gasteiger partial charge >= 0.3 is 0 Å². The minimum atomic E-state index is -0.259. The Morgan fingerprint density at radius 3 is 2.50 bits per heavy atom. The zero-order valence-corrected chi connectivity index (χ0v) is 17.7. The number of carbonyl (C=O) groups is 2. The summed E-state index contributed by atoms with van der Waals surface area (Å²) in [5, 5.41) is 13.1. The standard InChI is InChI=1S/C21H25N3O2S2/c1-27-16-8-6-15(7-9-16)17-12-19(25)23-21(18(17)13-22)28-14-20(26)24-10-4-2-3-5-11-24/h6-9,17H,2-5,10-12,14H2,1H3,(H,23,25)/t17-/m0/s1. The zero-order valence-electron chi connectivity index (χ0n) is 16.1. The van der Waals surface area contributed by atoms with Crippen LogP contribution >= 0.6 is 23.5 Å². The van der Waals surface area contributed by atoms with Gasteiger partial charge < -0.3 is 10.2 Å². The first kappa shape index (κ1) is 20.8. The Bertz CT molecular complexity index is 791. The first-order chi connectivity index (χ1) is 13.6. The Hall–Kier alpha value is -1.91. The number of likely N-dealkylation sites (tertiary alicyclic amines) is 1. The molecule has 0 radical (unpaired) electrons. The monoisotopic (exact) mass is 415 g/mol. The van der Waals surface area contributed by atoms with Crippen molar-refractivity contribution in [1.29, 1.82) is 5.26 Å². The zero-order chi connectivity index (χ0) is 19.9. The lowest BCUT2D eigenvalue weighted by Crippen LogP contribution is -2.35. The molecule has 1 aromatic carbocycles. The van der Waals surface area contributed by atoms with Crippen LogP contribution in [0.3, 0.4) is 0 Å². The quantitative estimate of drug-likeness (QED) is 0.739. The molecule has 0 unspecified atom stereocenters. The van der Waals surface area contributed by atoms with E-state index in [1.165, 1.54) is 24.6 Å². The van der Waals surface area contributed by atoms with Gasteiger partial charge in [0.05, 0.1) is 22.4 Å². The van der Waals surface area contributed by atoms with Gasteiger partial charge in [-0.05, 0) is 36.8 Å². The SMILES string of the molecule is CSc1ccc([C@@H]2CC(=O)NC(SCC(=O)N3CCCCCC3)=C2C#N)cc1. The molecule has 2 heterocycles. The highest BCUT2D eigenvalue weighted by Crippen LogP contribution is 2.36. The molecule has 148 valence electrons. The first-order valence-corrected chi connectivity index (χ1v) is 11.8. The number of benzene rings is 1. The van der Waals surface area contributed by atoms with Gasteiger partial charge in [-0.3, -0.25) is 9.59 Å². The molecule has 0 aromatic heterocycles. The van der Waals surface area contributed by atoms with E-state index in [2.05, 4.69) is 11.4 Å². The van der Waals surface area contributed by atoms with Crippen LogP contribution in [0.2, 0.25) is 0 Å². The fraction of sp³-hybridized carbons (Fsp3) is 0.476. The molecular weight excluding hydrogens is 390 g/mol. The van der Waals surface area contributed by atoms with Gasteiger partial charge in [0.15, 0.2) is 0 Å². The van der Waals surface area contributed by atoms with Crippen molar-refractivity contribution < 1.29 is 9.59 Å². The molecule has 2 amide bonds. The van der Waals surface area contributed by atoms with Gasteiger partial charge in [0.25, 0.3) is 0 Å². The number of rotatable bonds is 5. The van der Waals surface area contributed by atoms with Crippen molar-refractivity contribution in [2.24, 2.45) is 0 Å². The van der Waals surface area contributed by atoms with Gasteiger partial charge in [0.1, 0.15) is 0 Å². The molecule has 0 aliphatic carbocycles. The molecule has 1 saturated heterocycles. The van der Waals surface area contributed by atoms with Gasteiger partial charge in [-0.1, -0.05) is 36.7 Å². The molecule has 7 heteroatoms. The van der Waals surface area contributed by atoms with E-state index in [1.54, 1.807) is 11.8 Å². The largest absolute Gasteiger partial charge is 0.342 e. The van der Waals surface area contributed by atoms with Crippen LogP contribution in [0.25, 0.3) is 0 Å². The normalized spacial score (nSPS) is 20.4. The second kappa shape index (κ2) is 10.0. The predicted molar refractivity (Wildman–Crippen MR) is 114 cm³/mol. The average molecular weight is 416 g/mol. The molecule has 1 atom stereocenters. The van der Waals surface area contributed by atoms with Crippen LogP contribution in [-0.4, -0.2) is 41.8 Å². The Labute approximate surface area is 174 Å². The van der Waals surface area contributed by atoms with E-state index >= 15 is 0 Å². The third-order valence-corrected chi connectivity index (χ3v) is 6.92. The van der Waals surface area contributed by atoms with Crippen molar-refractivity contribution in [2.75, 3.05) is 25.1 Å². The second-order valence-electron chi connectivity index (χ2n) is 7.02. The van der Waals surface area contributed by atoms with E-state index in [0.29, 0.717) is 10.6 Å². The fourth-order valence-corrected chi connectivity index (χ4v) is 4.99.